The van der Waals surface area contributed by atoms with Crippen LogP contribution in [0, 0.1) is 0 Å². The van der Waals surface area contributed by atoms with Gasteiger partial charge in [-0.2, -0.15) is 0 Å². The van der Waals surface area contributed by atoms with Crippen molar-refractivity contribution in [3.05, 3.63) is 59.7 Å². The lowest BCUT2D eigenvalue weighted by Gasteiger charge is -2.10. The molecule has 0 fully saturated rings. The highest BCUT2D eigenvalue weighted by molar-refractivity contribution is 6.01. The topological polar surface area (TPSA) is 131 Å². The molecule has 2 unspecified atom stereocenters. The van der Waals surface area contributed by atoms with Crippen LogP contribution in [0.2, 0.25) is 0 Å². The van der Waals surface area contributed by atoms with Gasteiger partial charge in [-0.05, 0) is 75.2 Å². The quantitative estimate of drug-likeness (QED) is 0.163. The van der Waals surface area contributed by atoms with Gasteiger partial charge in [0.2, 0.25) is 0 Å². The van der Waals surface area contributed by atoms with Crippen LogP contribution in [-0.2, 0) is 0 Å². The Morgan fingerprint density at radius 1 is 0.619 bits per heavy atom. The molecule has 2 aliphatic rings. The van der Waals surface area contributed by atoms with Gasteiger partial charge in [-0.1, -0.05) is 38.5 Å². The number of nitrogens with one attached hydrogen (secondary N) is 6. The Kier molecular flexibility index (Phi) is 12.0. The van der Waals surface area contributed by atoms with Gasteiger partial charge in [0.05, 0.1) is 13.1 Å². The number of urea groups is 2. The zero-order valence-corrected chi connectivity index (χ0v) is 25.0. The zero-order valence-electron chi connectivity index (χ0n) is 25.0. The molecule has 4 rings (SSSR count). The Morgan fingerprint density at radius 3 is 1.31 bits per heavy atom. The van der Waals surface area contributed by atoms with Gasteiger partial charge in [-0.15, -0.1) is 0 Å². The molecule has 0 saturated heterocycles. The molecule has 0 spiro atoms. The molecule has 4 amide bonds. The third-order valence-electron chi connectivity index (χ3n) is 7.32. The minimum atomic E-state index is -0.171. The van der Waals surface area contributed by atoms with Gasteiger partial charge in [0.25, 0.3) is 0 Å². The first-order valence-corrected chi connectivity index (χ1v) is 15.4. The molecule has 2 aliphatic heterocycles. The molecule has 10 heteroatoms. The average Bonchev–Trinajstić information content (AvgIpc) is 3.62. The average molecular weight is 575 g/mol. The highest BCUT2D eigenvalue weighted by Gasteiger charge is 2.15. The van der Waals surface area contributed by atoms with Crippen molar-refractivity contribution in [2.24, 2.45) is 9.98 Å². The number of amides is 4. The van der Waals surface area contributed by atoms with Gasteiger partial charge in [0, 0.05) is 47.7 Å². The van der Waals surface area contributed by atoms with E-state index in [1.54, 1.807) is 0 Å². The summed E-state index contributed by atoms with van der Waals surface area (Å²) < 4.78 is 0. The van der Waals surface area contributed by atoms with E-state index >= 15 is 0 Å². The van der Waals surface area contributed by atoms with Crippen molar-refractivity contribution in [2.75, 3.05) is 36.8 Å². The molecule has 0 saturated carbocycles. The molecule has 226 valence electrons. The van der Waals surface area contributed by atoms with Crippen molar-refractivity contribution in [3.8, 4) is 0 Å². The molecule has 6 N–H and O–H groups in total. The number of anilines is 2. The highest BCUT2D eigenvalue weighted by Crippen LogP contribution is 2.14. The maximum Gasteiger partial charge on any atom is 0.319 e. The van der Waals surface area contributed by atoms with E-state index in [0.29, 0.717) is 25.2 Å². The van der Waals surface area contributed by atoms with E-state index in [1.165, 1.54) is 25.7 Å². The fourth-order valence-electron chi connectivity index (χ4n) is 4.94. The minimum absolute atomic E-state index is 0.171. The number of amidine groups is 2. The van der Waals surface area contributed by atoms with Crippen molar-refractivity contribution >= 4 is 35.1 Å². The summed E-state index contributed by atoms with van der Waals surface area (Å²) >= 11 is 0. The molecular formula is C32H46N8O2. The van der Waals surface area contributed by atoms with Crippen molar-refractivity contribution in [1.82, 2.24) is 21.3 Å². The van der Waals surface area contributed by atoms with Gasteiger partial charge in [-0.3, -0.25) is 9.98 Å². The van der Waals surface area contributed by atoms with E-state index in [0.717, 1.165) is 72.9 Å². The van der Waals surface area contributed by atoms with Crippen LogP contribution < -0.4 is 31.9 Å². The number of nitrogens with zero attached hydrogens (tertiary/aromatic N) is 2. The molecule has 42 heavy (non-hydrogen) atoms. The monoisotopic (exact) mass is 574 g/mol. The van der Waals surface area contributed by atoms with E-state index < -0.39 is 0 Å². The molecule has 0 radical (unpaired) electrons. The number of carbonyl (C=O) groups excluding carboxylic acids is 2. The molecule has 0 aromatic heterocycles. The second-order valence-corrected chi connectivity index (χ2v) is 11.2. The van der Waals surface area contributed by atoms with Gasteiger partial charge in [-0.25, -0.2) is 9.59 Å². The lowest BCUT2D eigenvalue weighted by Crippen LogP contribution is -2.29. The van der Waals surface area contributed by atoms with Crippen molar-refractivity contribution in [2.45, 2.75) is 77.3 Å². The molecule has 10 nitrogen and oxygen atoms in total. The Labute approximate surface area is 249 Å². The Bertz CT molecular complexity index is 1110. The Morgan fingerprint density at radius 2 is 0.976 bits per heavy atom. The van der Waals surface area contributed by atoms with Crippen LogP contribution >= 0.6 is 0 Å². The number of rotatable bonds is 15. The van der Waals surface area contributed by atoms with Crippen LogP contribution in [-0.4, -0.2) is 62.0 Å². The van der Waals surface area contributed by atoms with Crippen molar-refractivity contribution in [3.63, 3.8) is 0 Å². The summed E-state index contributed by atoms with van der Waals surface area (Å²) in [5.41, 5.74) is 3.61. The lowest BCUT2D eigenvalue weighted by molar-refractivity contribution is 0.251. The van der Waals surface area contributed by atoms with E-state index in [4.69, 9.17) is 0 Å². The van der Waals surface area contributed by atoms with Crippen LogP contribution in [0.5, 0.6) is 0 Å². The number of carbonyl (C=O) groups is 2. The number of hydrogen-bond acceptors (Lipinski definition) is 6. The van der Waals surface area contributed by atoms with E-state index in [2.05, 4.69) is 55.7 Å². The summed E-state index contributed by atoms with van der Waals surface area (Å²) in [6.45, 7) is 7.15. The predicted molar refractivity (Wildman–Crippen MR) is 172 cm³/mol. The smallest absolute Gasteiger partial charge is 0.319 e. The summed E-state index contributed by atoms with van der Waals surface area (Å²) in [5.74, 6) is 1.83. The van der Waals surface area contributed by atoms with Crippen LogP contribution in [0.25, 0.3) is 0 Å². The molecular weight excluding hydrogens is 528 g/mol. The van der Waals surface area contributed by atoms with Gasteiger partial charge >= 0.3 is 12.1 Å². The molecule has 2 aromatic rings. The first-order valence-electron chi connectivity index (χ1n) is 15.4. The second-order valence-electron chi connectivity index (χ2n) is 11.2. The minimum Gasteiger partial charge on any atom is -0.366 e. The SMILES string of the molecule is CC1CN=C(c2ccc(NC(=O)NCCCCCCCCCCNC(=O)Nc3ccc(C4=NCC(C)N4)cc3)cc2)N1. The summed E-state index contributed by atoms with van der Waals surface area (Å²) in [5, 5.41) is 18.3. The van der Waals surface area contributed by atoms with Gasteiger partial charge < -0.3 is 31.9 Å². The fraction of sp³-hybridized carbons (Fsp3) is 0.500. The van der Waals surface area contributed by atoms with E-state index in [1.807, 2.05) is 48.5 Å². The molecule has 0 aliphatic carbocycles. The Hall–Kier alpha value is -4.08. The normalized spacial score (nSPS) is 17.5. The van der Waals surface area contributed by atoms with Crippen molar-refractivity contribution < 1.29 is 9.59 Å². The zero-order chi connectivity index (χ0) is 29.6. The molecule has 0 bridgehead atoms. The van der Waals surface area contributed by atoms with Crippen LogP contribution in [0.15, 0.2) is 58.5 Å². The number of hydrogen-bond donors (Lipinski definition) is 6. The van der Waals surface area contributed by atoms with E-state index in [9.17, 15) is 9.59 Å². The first kappa shape index (κ1) is 30.9. The largest absolute Gasteiger partial charge is 0.366 e. The molecule has 2 aromatic carbocycles. The third kappa shape index (κ3) is 10.4. The predicted octanol–water partition coefficient (Wildman–Crippen LogP) is 5.23. The van der Waals surface area contributed by atoms with Gasteiger partial charge in [0.15, 0.2) is 0 Å². The van der Waals surface area contributed by atoms with Crippen LogP contribution in [0.4, 0.5) is 21.0 Å². The fourth-order valence-corrected chi connectivity index (χ4v) is 4.94. The number of benzene rings is 2. The third-order valence-corrected chi connectivity index (χ3v) is 7.32. The molecule has 2 atom stereocenters. The summed E-state index contributed by atoms with van der Waals surface area (Å²) in [6.07, 6.45) is 8.89. The number of aliphatic imine (C=N–C) groups is 2. The first-order chi connectivity index (χ1) is 20.5. The van der Waals surface area contributed by atoms with Crippen LogP contribution in [0.1, 0.15) is 76.3 Å². The maximum atomic E-state index is 12.2. The highest BCUT2D eigenvalue weighted by atomic mass is 16.2. The molecule has 2 heterocycles. The van der Waals surface area contributed by atoms with Gasteiger partial charge in [0.1, 0.15) is 11.7 Å². The summed E-state index contributed by atoms with van der Waals surface area (Å²) in [7, 11) is 0. The van der Waals surface area contributed by atoms with E-state index in [-0.39, 0.29) is 12.1 Å². The second kappa shape index (κ2) is 16.4. The van der Waals surface area contributed by atoms with Crippen molar-refractivity contribution in [1.29, 1.82) is 0 Å². The standard InChI is InChI=1S/C32H46N8O2/c1-23-21-35-29(37-23)25-11-15-27(16-12-25)39-31(41)33-19-9-7-5-3-4-6-8-10-20-34-32(42)40-28-17-13-26(14-18-28)30-36-22-24(2)38-30/h11-18,23-24H,3-10,19-22H2,1-2H3,(H,35,37)(H,36,38)(H2,33,39,41)(H2,34,40,42). The Balaban J connectivity index is 0.938. The van der Waals surface area contributed by atoms with Crippen LogP contribution in [0.3, 0.4) is 0 Å². The summed E-state index contributed by atoms with van der Waals surface area (Å²) in [6, 6.07) is 15.9. The lowest BCUT2D eigenvalue weighted by atomic mass is 10.1. The maximum absolute atomic E-state index is 12.2. The number of unbranched alkanes of at least 4 members (excludes halogenated alkanes) is 7. The summed E-state index contributed by atoms with van der Waals surface area (Å²) in [4.78, 5) is 33.3.